The highest BCUT2D eigenvalue weighted by atomic mass is 19.1. The van der Waals surface area contributed by atoms with E-state index in [-0.39, 0.29) is 17.6 Å². The van der Waals surface area contributed by atoms with Crippen LogP contribution in [-0.4, -0.2) is 12.5 Å². The molecule has 0 heterocycles. The molecule has 1 amide bonds. The molecule has 0 bridgehead atoms. The third-order valence-electron chi connectivity index (χ3n) is 3.36. The summed E-state index contributed by atoms with van der Waals surface area (Å²) >= 11 is 0. The Balaban J connectivity index is 1.84. The van der Waals surface area contributed by atoms with E-state index in [1.54, 1.807) is 12.1 Å². The van der Waals surface area contributed by atoms with Gasteiger partial charge >= 0.3 is 0 Å². The van der Waals surface area contributed by atoms with Gasteiger partial charge in [-0.15, -0.1) is 0 Å². The van der Waals surface area contributed by atoms with Gasteiger partial charge in [-0.05, 0) is 42.3 Å². The van der Waals surface area contributed by atoms with E-state index in [4.69, 9.17) is 0 Å². The van der Waals surface area contributed by atoms with Crippen LogP contribution >= 0.6 is 0 Å². The first-order valence-electron chi connectivity index (χ1n) is 7.44. The second kappa shape index (κ2) is 7.59. The highest BCUT2D eigenvalue weighted by Crippen LogP contribution is 2.15. The van der Waals surface area contributed by atoms with Gasteiger partial charge < -0.3 is 10.6 Å². The van der Waals surface area contributed by atoms with Gasteiger partial charge in [-0.25, -0.2) is 4.39 Å². The van der Waals surface area contributed by atoms with E-state index in [0.717, 1.165) is 11.4 Å². The fourth-order valence-corrected chi connectivity index (χ4v) is 2.00. The molecule has 2 aromatic carbocycles. The van der Waals surface area contributed by atoms with Gasteiger partial charge in [0.2, 0.25) is 5.91 Å². The molecule has 0 unspecified atom stereocenters. The maximum absolute atomic E-state index is 13.5. The van der Waals surface area contributed by atoms with Crippen molar-refractivity contribution in [3.05, 3.63) is 59.9 Å². The molecule has 0 aliphatic carbocycles. The maximum atomic E-state index is 13.5. The lowest BCUT2D eigenvalue weighted by Gasteiger charge is -2.10. The van der Waals surface area contributed by atoms with Gasteiger partial charge in [-0.1, -0.05) is 32.0 Å². The molecule has 2 rings (SSSR count). The molecular formula is C18H21FN2O. The summed E-state index contributed by atoms with van der Waals surface area (Å²) < 4.78 is 13.5. The van der Waals surface area contributed by atoms with Crippen LogP contribution in [0.1, 0.15) is 19.4 Å². The first-order chi connectivity index (χ1) is 10.6. The molecule has 0 radical (unpaired) electrons. The molecule has 116 valence electrons. The van der Waals surface area contributed by atoms with Gasteiger partial charge in [-0.2, -0.15) is 0 Å². The summed E-state index contributed by atoms with van der Waals surface area (Å²) in [5, 5.41) is 6.09. The number of halogens is 1. The van der Waals surface area contributed by atoms with Crippen LogP contribution in [0, 0.1) is 11.7 Å². The fourth-order valence-electron chi connectivity index (χ4n) is 2.00. The van der Waals surface area contributed by atoms with Crippen LogP contribution in [0.2, 0.25) is 0 Å². The van der Waals surface area contributed by atoms with Crippen molar-refractivity contribution in [2.45, 2.75) is 20.3 Å². The predicted octanol–water partition coefficient (Wildman–Crippen LogP) is 4.07. The van der Waals surface area contributed by atoms with Gasteiger partial charge in [0.25, 0.3) is 0 Å². The average molecular weight is 300 g/mol. The van der Waals surface area contributed by atoms with Crippen molar-refractivity contribution < 1.29 is 9.18 Å². The summed E-state index contributed by atoms with van der Waals surface area (Å²) in [4.78, 5) is 11.6. The number of carbonyl (C=O) groups is 1. The first kappa shape index (κ1) is 16.0. The summed E-state index contributed by atoms with van der Waals surface area (Å²) in [5.41, 5.74) is 2.42. The molecule has 2 N–H and O–H groups in total. The highest BCUT2D eigenvalue weighted by molar-refractivity contribution is 5.92. The number of amides is 1. The zero-order valence-corrected chi connectivity index (χ0v) is 12.9. The third-order valence-corrected chi connectivity index (χ3v) is 3.36. The number of carbonyl (C=O) groups excluding carboxylic acids is 1. The van der Waals surface area contributed by atoms with Gasteiger partial charge in [0.05, 0.1) is 0 Å². The monoisotopic (exact) mass is 300 g/mol. The van der Waals surface area contributed by atoms with Crippen LogP contribution in [-0.2, 0) is 11.2 Å². The number of benzene rings is 2. The molecular weight excluding hydrogens is 279 g/mol. The van der Waals surface area contributed by atoms with Gasteiger partial charge in [0, 0.05) is 23.8 Å². The van der Waals surface area contributed by atoms with Crippen molar-refractivity contribution >= 4 is 17.3 Å². The molecule has 2 aromatic rings. The van der Waals surface area contributed by atoms with E-state index in [1.807, 2.05) is 44.2 Å². The topological polar surface area (TPSA) is 41.1 Å². The maximum Gasteiger partial charge on any atom is 0.226 e. The molecule has 0 spiro atoms. The molecule has 0 atom stereocenters. The van der Waals surface area contributed by atoms with Crippen LogP contribution in [0.3, 0.4) is 0 Å². The van der Waals surface area contributed by atoms with Crippen molar-refractivity contribution in [2.75, 3.05) is 17.2 Å². The molecule has 4 heteroatoms. The van der Waals surface area contributed by atoms with Crippen LogP contribution in [0.25, 0.3) is 0 Å². The zero-order valence-electron chi connectivity index (χ0n) is 12.9. The van der Waals surface area contributed by atoms with E-state index < -0.39 is 0 Å². The summed E-state index contributed by atoms with van der Waals surface area (Å²) in [6.07, 6.45) is 0.624. The molecule has 22 heavy (non-hydrogen) atoms. The normalized spacial score (nSPS) is 10.5. The standard InChI is InChI=1S/C18H21FN2O/c1-13(2)18(22)21-16-9-7-15(8-10-16)20-12-11-14-5-3-4-6-17(14)19/h3-10,13,20H,11-12H2,1-2H3,(H,21,22). The van der Waals surface area contributed by atoms with Crippen LogP contribution < -0.4 is 10.6 Å². The lowest BCUT2D eigenvalue weighted by Crippen LogP contribution is -2.17. The predicted molar refractivity (Wildman–Crippen MR) is 88.5 cm³/mol. The Hall–Kier alpha value is -2.36. The average Bonchev–Trinajstić information content (AvgIpc) is 2.51. The minimum atomic E-state index is -0.170. The Morgan fingerprint density at radius 3 is 2.32 bits per heavy atom. The van der Waals surface area contributed by atoms with Gasteiger partial charge in [0.15, 0.2) is 0 Å². The van der Waals surface area contributed by atoms with E-state index in [0.29, 0.717) is 18.5 Å². The van der Waals surface area contributed by atoms with E-state index in [1.165, 1.54) is 6.07 Å². The molecule has 3 nitrogen and oxygen atoms in total. The van der Waals surface area contributed by atoms with Crippen molar-refractivity contribution in [3.63, 3.8) is 0 Å². The SMILES string of the molecule is CC(C)C(=O)Nc1ccc(NCCc2ccccc2F)cc1. The van der Waals surface area contributed by atoms with Crippen molar-refractivity contribution in [1.82, 2.24) is 0 Å². The fraction of sp³-hybridized carbons (Fsp3) is 0.278. The van der Waals surface area contributed by atoms with Crippen LogP contribution in [0.15, 0.2) is 48.5 Å². The molecule has 0 saturated heterocycles. The summed E-state index contributed by atoms with van der Waals surface area (Å²) in [5.74, 6) is -0.213. The number of hydrogen-bond donors (Lipinski definition) is 2. The Morgan fingerprint density at radius 2 is 1.68 bits per heavy atom. The van der Waals surface area contributed by atoms with Gasteiger partial charge in [0.1, 0.15) is 5.82 Å². The number of hydrogen-bond acceptors (Lipinski definition) is 2. The second-order valence-corrected chi connectivity index (χ2v) is 5.49. The number of nitrogens with one attached hydrogen (secondary N) is 2. The Morgan fingerprint density at radius 1 is 1.05 bits per heavy atom. The zero-order chi connectivity index (χ0) is 15.9. The van der Waals surface area contributed by atoms with Crippen molar-refractivity contribution in [3.8, 4) is 0 Å². The Labute approximate surface area is 130 Å². The van der Waals surface area contributed by atoms with Crippen LogP contribution in [0.4, 0.5) is 15.8 Å². The van der Waals surface area contributed by atoms with Crippen molar-refractivity contribution in [2.24, 2.45) is 5.92 Å². The van der Waals surface area contributed by atoms with E-state index in [9.17, 15) is 9.18 Å². The summed E-state index contributed by atoms with van der Waals surface area (Å²) in [6.45, 7) is 4.36. The lowest BCUT2D eigenvalue weighted by atomic mass is 10.1. The third kappa shape index (κ3) is 4.58. The highest BCUT2D eigenvalue weighted by Gasteiger charge is 2.06. The number of anilines is 2. The van der Waals surface area contributed by atoms with E-state index >= 15 is 0 Å². The molecule has 0 aromatic heterocycles. The molecule has 0 saturated carbocycles. The quantitative estimate of drug-likeness (QED) is 0.844. The van der Waals surface area contributed by atoms with Crippen molar-refractivity contribution in [1.29, 1.82) is 0 Å². The second-order valence-electron chi connectivity index (χ2n) is 5.49. The van der Waals surface area contributed by atoms with Gasteiger partial charge in [-0.3, -0.25) is 4.79 Å². The minimum Gasteiger partial charge on any atom is -0.385 e. The largest absolute Gasteiger partial charge is 0.385 e. The minimum absolute atomic E-state index is 0.000243. The summed E-state index contributed by atoms with van der Waals surface area (Å²) in [7, 11) is 0. The lowest BCUT2D eigenvalue weighted by molar-refractivity contribution is -0.118. The number of rotatable bonds is 6. The Kier molecular flexibility index (Phi) is 5.53. The molecule has 0 aliphatic rings. The Bertz CT molecular complexity index is 623. The van der Waals surface area contributed by atoms with Crippen LogP contribution in [0.5, 0.6) is 0 Å². The van der Waals surface area contributed by atoms with E-state index in [2.05, 4.69) is 10.6 Å². The molecule has 0 fully saturated rings. The molecule has 0 aliphatic heterocycles. The first-order valence-corrected chi connectivity index (χ1v) is 7.44. The smallest absolute Gasteiger partial charge is 0.226 e. The summed E-state index contributed by atoms with van der Waals surface area (Å²) in [6, 6.07) is 14.3.